The Hall–Kier alpha value is -1.07. The molecule has 0 N–H and O–H groups in total. The summed E-state index contributed by atoms with van der Waals surface area (Å²) in [5, 5.41) is 0. The van der Waals surface area contributed by atoms with Crippen LogP contribution in [0.25, 0.3) is 0 Å². The number of hydrogen-bond acceptors (Lipinski definition) is 2. The van der Waals surface area contributed by atoms with Crippen LogP contribution < -0.4 is 0 Å². The lowest BCUT2D eigenvalue weighted by atomic mass is 10.1. The smallest absolute Gasteiger partial charge is 0.177 e. The largest absolute Gasteiger partial charge is 0.293 e. The van der Waals surface area contributed by atoms with Crippen LogP contribution in [-0.4, -0.2) is 5.78 Å². The third kappa shape index (κ3) is 2.67. The first kappa shape index (κ1) is 13.4. The summed E-state index contributed by atoms with van der Waals surface area (Å²) in [6.07, 6.45) is -0.259. The molecular formula is C13H9BrF2OS. The molecule has 94 valence electrons. The van der Waals surface area contributed by atoms with E-state index in [1.807, 2.05) is 6.92 Å². The van der Waals surface area contributed by atoms with Gasteiger partial charge in [0.25, 0.3) is 0 Å². The van der Waals surface area contributed by atoms with Crippen molar-refractivity contribution < 1.29 is 13.6 Å². The van der Waals surface area contributed by atoms with Gasteiger partial charge in [-0.3, -0.25) is 4.79 Å². The zero-order chi connectivity index (χ0) is 13.3. The van der Waals surface area contributed by atoms with Gasteiger partial charge in [0, 0.05) is 12.0 Å². The minimum absolute atomic E-state index is 0.176. The minimum atomic E-state index is -0.685. The summed E-state index contributed by atoms with van der Waals surface area (Å²) >= 11 is 4.59. The number of thiophene rings is 1. The lowest BCUT2D eigenvalue weighted by molar-refractivity contribution is 0.0994. The van der Waals surface area contributed by atoms with Crippen LogP contribution in [0.4, 0.5) is 8.78 Å². The summed E-state index contributed by atoms with van der Waals surface area (Å²) in [5.41, 5.74) is 0.766. The van der Waals surface area contributed by atoms with E-state index < -0.39 is 11.6 Å². The molecule has 0 aliphatic rings. The van der Waals surface area contributed by atoms with Gasteiger partial charge in [-0.2, -0.15) is 0 Å². The zero-order valence-corrected chi connectivity index (χ0v) is 11.9. The van der Waals surface area contributed by atoms with E-state index in [0.29, 0.717) is 4.88 Å². The summed E-state index contributed by atoms with van der Waals surface area (Å²) in [5.74, 6) is -1.65. The van der Waals surface area contributed by atoms with Crippen molar-refractivity contribution in [2.45, 2.75) is 13.3 Å². The molecule has 2 aromatic rings. The number of halogens is 3. The van der Waals surface area contributed by atoms with Gasteiger partial charge in [-0.1, -0.05) is 6.07 Å². The molecule has 5 heteroatoms. The summed E-state index contributed by atoms with van der Waals surface area (Å²) in [4.78, 5) is 12.4. The van der Waals surface area contributed by atoms with Gasteiger partial charge in [0.2, 0.25) is 0 Å². The van der Waals surface area contributed by atoms with Crippen LogP contribution in [0.15, 0.2) is 28.1 Å². The molecule has 1 aromatic heterocycles. The Morgan fingerprint density at radius 2 is 1.94 bits per heavy atom. The summed E-state index contributed by atoms with van der Waals surface area (Å²) < 4.78 is 27.7. The van der Waals surface area contributed by atoms with Gasteiger partial charge in [0.05, 0.1) is 8.66 Å². The van der Waals surface area contributed by atoms with Gasteiger partial charge < -0.3 is 0 Å². The van der Waals surface area contributed by atoms with Crippen LogP contribution in [-0.2, 0) is 6.42 Å². The van der Waals surface area contributed by atoms with E-state index in [1.54, 1.807) is 6.07 Å². The molecule has 0 saturated heterocycles. The second-order valence-electron chi connectivity index (χ2n) is 3.87. The average molecular weight is 331 g/mol. The van der Waals surface area contributed by atoms with Crippen LogP contribution >= 0.6 is 27.3 Å². The second kappa shape index (κ2) is 5.28. The Morgan fingerprint density at radius 1 is 1.33 bits per heavy atom. The SMILES string of the molecule is Cc1cc(C(=O)Cc2c(F)cccc2F)sc1Br. The fraction of sp³-hybridized carbons (Fsp3) is 0.154. The van der Waals surface area contributed by atoms with E-state index in [-0.39, 0.29) is 17.8 Å². The fourth-order valence-electron chi connectivity index (χ4n) is 1.55. The number of carbonyl (C=O) groups is 1. The number of carbonyl (C=O) groups excluding carboxylic acids is 1. The number of benzene rings is 1. The molecule has 0 spiro atoms. The van der Waals surface area contributed by atoms with E-state index in [1.165, 1.54) is 17.4 Å². The molecule has 1 nitrogen and oxygen atoms in total. The highest BCUT2D eigenvalue weighted by molar-refractivity contribution is 9.11. The molecule has 0 amide bonds. The van der Waals surface area contributed by atoms with Crippen LogP contribution in [0.2, 0.25) is 0 Å². The van der Waals surface area contributed by atoms with Gasteiger partial charge >= 0.3 is 0 Å². The number of hydrogen-bond donors (Lipinski definition) is 0. The van der Waals surface area contributed by atoms with Crippen LogP contribution in [0, 0.1) is 18.6 Å². The number of aryl methyl sites for hydroxylation is 1. The van der Waals surface area contributed by atoms with Gasteiger partial charge in [-0.05, 0) is 46.6 Å². The van der Waals surface area contributed by atoms with Crippen molar-refractivity contribution >= 4 is 33.0 Å². The van der Waals surface area contributed by atoms with Crippen LogP contribution in [0.3, 0.4) is 0 Å². The third-order valence-corrected chi connectivity index (χ3v) is 4.71. The summed E-state index contributed by atoms with van der Waals surface area (Å²) in [6.45, 7) is 1.86. The van der Waals surface area contributed by atoms with Crippen LogP contribution in [0.1, 0.15) is 20.8 Å². The maximum Gasteiger partial charge on any atom is 0.177 e. The average Bonchev–Trinajstić information content (AvgIpc) is 2.64. The molecule has 0 radical (unpaired) electrons. The highest BCUT2D eigenvalue weighted by atomic mass is 79.9. The quantitative estimate of drug-likeness (QED) is 0.756. The van der Waals surface area contributed by atoms with Crippen molar-refractivity contribution in [3.63, 3.8) is 0 Å². The Bertz CT molecular complexity index is 567. The fourth-order valence-corrected chi connectivity index (χ4v) is 3.02. The van der Waals surface area contributed by atoms with E-state index in [2.05, 4.69) is 15.9 Å². The maximum atomic E-state index is 13.4. The molecule has 0 unspecified atom stereocenters. The molecule has 0 fully saturated rings. The lowest BCUT2D eigenvalue weighted by Gasteiger charge is -2.02. The van der Waals surface area contributed by atoms with Crippen LogP contribution in [0.5, 0.6) is 0 Å². The van der Waals surface area contributed by atoms with E-state index in [9.17, 15) is 13.6 Å². The summed E-state index contributed by atoms with van der Waals surface area (Å²) in [6, 6.07) is 5.31. The maximum absolute atomic E-state index is 13.4. The molecule has 2 rings (SSSR count). The molecule has 1 heterocycles. The molecule has 0 atom stereocenters. The zero-order valence-electron chi connectivity index (χ0n) is 9.47. The highest BCUT2D eigenvalue weighted by Crippen LogP contribution is 2.28. The highest BCUT2D eigenvalue weighted by Gasteiger charge is 2.16. The third-order valence-electron chi connectivity index (χ3n) is 2.53. The normalized spacial score (nSPS) is 10.7. The van der Waals surface area contributed by atoms with Gasteiger partial charge in [0.1, 0.15) is 11.6 Å². The minimum Gasteiger partial charge on any atom is -0.293 e. The van der Waals surface area contributed by atoms with Crippen molar-refractivity contribution in [2.24, 2.45) is 0 Å². The number of ketones is 1. The summed E-state index contributed by atoms with van der Waals surface area (Å²) in [7, 11) is 0. The van der Waals surface area contributed by atoms with Crippen molar-refractivity contribution in [1.29, 1.82) is 0 Å². The van der Waals surface area contributed by atoms with E-state index >= 15 is 0 Å². The van der Waals surface area contributed by atoms with Gasteiger partial charge in [-0.15, -0.1) is 11.3 Å². The topological polar surface area (TPSA) is 17.1 Å². The lowest BCUT2D eigenvalue weighted by Crippen LogP contribution is -2.05. The predicted molar refractivity (Wildman–Crippen MR) is 71.1 cm³/mol. The Balaban J connectivity index is 2.27. The number of rotatable bonds is 3. The molecule has 0 saturated carbocycles. The predicted octanol–water partition coefficient (Wildman–Crippen LogP) is 4.52. The Labute approximate surface area is 116 Å². The van der Waals surface area contributed by atoms with Crippen molar-refractivity contribution in [3.8, 4) is 0 Å². The molecule has 1 aromatic carbocycles. The van der Waals surface area contributed by atoms with Crippen molar-refractivity contribution in [1.82, 2.24) is 0 Å². The molecular weight excluding hydrogens is 322 g/mol. The molecule has 0 bridgehead atoms. The first-order chi connectivity index (χ1) is 8.49. The Kier molecular flexibility index (Phi) is 3.92. The van der Waals surface area contributed by atoms with Crippen molar-refractivity contribution in [3.05, 3.63) is 55.7 Å². The standard InChI is InChI=1S/C13H9BrF2OS/c1-7-5-12(18-13(7)14)11(17)6-8-9(15)3-2-4-10(8)16/h2-5H,6H2,1H3. The molecule has 0 aliphatic carbocycles. The number of Topliss-reactive ketones (excluding diaryl/α,β-unsaturated/α-hetero) is 1. The first-order valence-corrected chi connectivity index (χ1v) is 6.82. The second-order valence-corrected chi connectivity index (χ2v) is 6.24. The Morgan fingerprint density at radius 3 is 2.44 bits per heavy atom. The molecule has 18 heavy (non-hydrogen) atoms. The first-order valence-electron chi connectivity index (χ1n) is 5.21. The van der Waals surface area contributed by atoms with E-state index in [0.717, 1.165) is 21.5 Å². The van der Waals surface area contributed by atoms with E-state index in [4.69, 9.17) is 0 Å². The van der Waals surface area contributed by atoms with Crippen molar-refractivity contribution in [2.75, 3.05) is 0 Å². The van der Waals surface area contributed by atoms with Gasteiger partial charge in [0.15, 0.2) is 5.78 Å². The van der Waals surface area contributed by atoms with Gasteiger partial charge in [-0.25, -0.2) is 8.78 Å². The molecule has 0 aliphatic heterocycles. The monoisotopic (exact) mass is 330 g/mol.